The van der Waals surface area contributed by atoms with Gasteiger partial charge in [0.2, 0.25) is 5.78 Å². The molecule has 0 radical (unpaired) electrons. The molecule has 0 bridgehead atoms. The van der Waals surface area contributed by atoms with Crippen LogP contribution in [-0.2, 0) is 11.8 Å². The minimum Gasteiger partial charge on any atom is -0.450 e. The zero-order chi connectivity index (χ0) is 17.1. The normalized spacial score (nSPS) is 11.8. The Morgan fingerprint density at radius 3 is 2.43 bits per heavy atom. The maximum Gasteiger partial charge on any atom is 0.355 e. The molecule has 8 heteroatoms. The van der Waals surface area contributed by atoms with Gasteiger partial charge in [0, 0.05) is 18.7 Å². The summed E-state index contributed by atoms with van der Waals surface area (Å²) < 4.78 is 19.1. The van der Waals surface area contributed by atoms with Gasteiger partial charge in [-0.15, -0.1) is 0 Å². The van der Waals surface area contributed by atoms with Gasteiger partial charge in [-0.05, 0) is 31.2 Å². The number of halogens is 1. The van der Waals surface area contributed by atoms with E-state index >= 15 is 0 Å². The van der Waals surface area contributed by atoms with E-state index in [0.29, 0.717) is 0 Å². The highest BCUT2D eigenvalue weighted by Crippen LogP contribution is 2.17. The highest BCUT2D eigenvalue weighted by Gasteiger charge is 2.24. The first-order valence-corrected chi connectivity index (χ1v) is 6.61. The smallest absolute Gasteiger partial charge is 0.355 e. The molecule has 0 fully saturated rings. The zero-order valence-corrected chi connectivity index (χ0v) is 12.4. The Hall–Kier alpha value is -3.03. The fraction of sp³-hybridized carbons (Fsp3) is 0.200. The van der Waals surface area contributed by atoms with Gasteiger partial charge in [0.1, 0.15) is 11.5 Å². The first-order valence-electron chi connectivity index (χ1n) is 6.61. The van der Waals surface area contributed by atoms with Crippen LogP contribution in [0.1, 0.15) is 27.8 Å². The lowest BCUT2D eigenvalue weighted by atomic mass is 10.1. The SMILES string of the molecule is CC(OC(=O)c1cc([N+](=O)[O-])cn1C)C(=O)c1ccc(F)cc1. The maximum atomic E-state index is 12.8. The number of carbonyl (C=O) groups excluding carboxylic acids is 2. The van der Waals surface area contributed by atoms with Gasteiger partial charge < -0.3 is 9.30 Å². The number of aromatic nitrogens is 1. The van der Waals surface area contributed by atoms with E-state index < -0.39 is 28.6 Å². The highest BCUT2D eigenvalue weighted by atomic mass is 19.1. The first-order chi connectivity index (χ1) is 10.8. The molecule has 1 aromatic carbocycles. The number of rotatable bonds is 5. The monoisotopic (exact) mass is 320 g/mol. The summed E-state index contributed by atoms with van der Waals surface area (Å²) in [5.41, 5.74) is -0.100. The van der Waals surface area contributed by atoms with Crippen LogP contribution in [0.2, 0.25) is 0 Å². The number of benzene rings is 1. The van der Waals surface area contributed by atoms with Crippen molar-refractivity contribution >= 4 is 17.4 Å². The van der Waals surface area contributed by atoms with Crippen molar-refractivity contribution in [3.8, 4) is 0 Å². The molecule has 1 aromatic heterocycles. The molecule has 23 heavy (non-hydrogen) atoms. The molecule has 2 aromatic rings. The fourth-order valence-corrected chi connectivity index (χ4v) is 1.97. The summed E-state index contributed by atoms with van der Waals surface area (Å²) in [5, 5.41) is 10.7. The molecule has 0 saturated heterocycles. The van der Waals surface area contributed by atoms with Gasteiger partial charge in [-0.25, -0.2) is 9.18 Å². The number of ketones is 1. The average molecular weight is 320 g/mol. The summed E-state index contributed by atoms with van der Waals surface area (Å²) in [6.07, 6.45) is 0.0604. The molecule has 0 N–H and O–H groups in total. The van der Waals surface area contributed by atoms with Gasteiger partial charge in [0.05, 0.1) is 11.1 Å². The molecule has 0 aliphatic carbocycles. The van der Waals surface area contributed by atoms with E-state index in [4.69, 9.17) is 4.74 Å². The first kappa shape index (κ1) is 16.3. The predicted molar refractivity (Wildman–Crippen MR) is 77.7 cm³/mol. The number of nitrogens with zero attached hydrogens (tertiary/aromatic N) is 2. The largest absolute Gasteiger partial charge is 0.450 e. The molecular formula is C15H13FN2O5. The Labute approximate surface area is 130 Å². The Morgan fingerprint density at radius 1 is 1.30 bits per heavy atom. The lowest BCUT2D eigenvalue weighted by Gasteiger charge is -2.12. The van der Waals surface area contributed by atoms with Crippen molar-refractivity contribution in [2.24, 2.45) is 7.05 Å². The molecule has 0 spiro atoms. The minimum atomic E-state index is -1.11. The van der Waals surface area contributed by atoms with E-state index in [-0.39, 0.29) is 16.9 Å². The molecular weight excluding hydrogens is 307 g/mol. The number of aryl methyl sites for hydroxylation is 1. The number of nitro groups is 1. The van der Waals surface area contributed by atoms with Gasteiger partial charge in [0.15, 0.2) is 6.10 Å². The van der Waals surface area contributed by atoms with Crippen LogP contribution in [0.15, 0.2) is 36.5 Å². The Balaban J connectivity index is 2.11. The molecule has 0 saturated carbocycles. The van der Waals surface area contributed by atoms with Crippen molar-refractivity contribution in [1.82, 2.24) is 4.57 Å². The van der Waals surface area contributed by atoms with E-state index in [1.807, 2.05) is 0 Å². The second-order valence-corrected chi connectivity index (χ2v) is 4.87. The summed E-state index contributed by atoms with van der Waals surface area (Å²) in [5.74, 6) is -1.84. The minimum absolute atomic E-state index is 0.0459. The van der Waals surface area contributed by atoms with Gasteiger partial charge in [-0.3, -0.25) is 14.9 Å². The summed E-state index contributed by atoms with van der Waals surface area (Å²) in [6, 6.07) is 5.90. The molecule has 0 amide bonds. The van der Waals surface area contributed by atoms with E-state index in [9.17, 15) is 24.1 Å². The van der Waals surface area contributed by atoms with E-state index in [1.165, 1.54) is 36.9 Å². The molecule has 0 aliphatic heterocycles. The van der Waals surface area contributed by atoms with E-state index in [1.54, 1.807) is 0 Å². The number of esters is 1. The second-order valence-electron chi connectivity index (χ2n) is 4.87. The number of hydrogen-bond donors (Lipinski definition) is 0. The Bertz CT molecular complexity index is 767. The second kappa shape index (κ2) is 6.39. The predicted octanol–water partition coefficient (Wildman–Crippen LogP) is 2.50. The van der Waals surface area contributed by atoms with Crippen molar-refractivity contribution in [3.05, 3.63) is 63.7 Å². The van der Waals surface area contributed by atoms with Crippen molar-refractivity contribution in [2.45, 2.75) is 13.0 Å². The van der Waals surface area contributed by atoms with Gasteiger partial charge in [-0.2, -0.15) is 0 Å². The standard InChI is InChI=1S/C15H13FN2O5/c1-9(14(19)10-3-5-11(16)6-4-10)23-15(20)13-7-12(18(21)22)8-17(13)2/h3-9H,1-2H3. The Kier molecular flexibility index (Phi) is 4.54. The molecule has 7 nitrogen and oxygen atoms in total. The molecule has 120 valence electrons. The lowest BCUT2D eigenvalue weighted by molar-refractivity contribution is -0.384. The van der Waals surface area contributed by atoms with Crippen LogP contribution in [-0.4, -0.2) is 27.3 Å². The van der Waals surface area contributed by atoms with Gasteiger partial charge in [0.25, 0.3) is 5.69 Å². The number of Topliss-reactive ketones (excluding diaryl/α,β-unsaturated/α-hetero) is 1. The van der Waals surface area contributed by atoms with Crippen LogP contribution in [0.4, 0.5) is 10.1 Å². The van der Waals surface area contributed by atoms with Crippen LogP contribution < -0.4 is 0 Å². The van der Waals surface area contributed by atoms with Crippen LogP contribution in [0.5, 0.6) is 0 Å². The van der Waals surface area contributed by atoms with Crippen molar-refractivity contribution in [2.75, 3.05) is 0 Å². The zero-order valence-electron chi connectivity index (χ0n) is 12.4. The van der Waals surface area contributed by atoms with Crippen molar-refractivity contribution < 1.29 is 23.6 Å². The Morgan fingerprint density at radius 2 is 1.91 bits per heavy atom. The number of ether oxygens (including phenoxy) is 1. The molecule has 1 unspecified atom stereocenters. The topological polar surface area (TPSA) is 91.4 Å². The van der Waals surface area contributed by atoms with E-state index in [2.05, 4.69) is 0 Å². The molecule has 2 rings (SSSR count). The third-order valence-corrected chi connectivity index (χ3v) is 3.19. The van der Waals surface area contributed by atoms with Crippen molar-refractivity contribution in [1.29, 1.82) is 0 Å². The molecule has 1 heterocycles. The molecule has 0 aliphatic rings. The summed E-state index contributed by atoms with van der Waals surface area (Å²) >= 11 is 0. The number of carbonyl (C=O) groups is 2. The van der Waals surface area contributed by atoms with Crippen LogP contribution in [0.3, 0.4) is 0 Å². The third kappa shape index (κ3) is 3.60. The highest BCUT2D eigenvalue weighted by molar-refractivity contribution is 6.01. The number of hydrogen-bond acceptors (Lipinski definition) is 5. The lowest BCUT2D eigenvalue weighted by Crippen LogP contribution is -2.25. The van der Waals surface area contributed by atoms with Crippen LogP contribution in [0, 0.1) is 15.9 Å². The van der Waals surface area contributed by atoms with Crippen LogP contribution >= 0.6 is 0 Å². The average Bonchev–Trinajstić information content (AvgIpc) is 2.89. The third-order valence-electron chi connectivity index (χ3n) is 3.19. The van der Waals surface area contributed by atoms with Crippen molar-refractivity contribution in [3.63, 3.8) is 0 Å². The van der Waals surface area contributed by atoms with Gasteiger partial charge >= 0.3 is 5.97 Å². The van der Waals surface area contributed by atoms with E-state index in [0.717, 1.165) is 18.2 Å². The molecule has 1 atom stereocenters. The van der Waals surface area contributed by atoms with Gasteiger partial charge in [-0.1, -0.05) is 0 Å². The van der Waals surface area contributed by atoms with Crippen LogP contribution in [0.25, 0.3) is 0 Å². The summed E-state index contributed by atoms with van der Waals surface area (Å²) in [7, 11) is 1.45. The maximum absolute atomic E-state index is 12.8. The fourth-order valence-electron chi connectivity index (χ4n) is 1.97. The summed E-state index contributed by atoms with van der Waals surface area (Å²) in [6.45, 7) is 1.38. The summed E-state index contributed by atoms with van der Waals surface area (Å²) in [4.78, 5) is 34.2. The quantitative estimate of drug-likeness (QED) is 0.365.